The SMILES string of the molecule is Cc1nnc(C2CN(c3ccnc(-c4cnc5ccc(C#N)cn45)n3)CC(C)O2)o1. The fourth-order valence-corrected chi connectivity index (χ4v) is 3.58. The standard InChI is InChI=1S/C20H18N8O2/c1-12-9-27(11-16(29-12)20-26-25-13(2)30-20)18-5-6-22-19(24-18)15-8-23-17-4-3-14(7-21)10-28(15)17/h3-6,8,10,12,16H,9,11H2,1-2H3. The van der Waals surface area contributed by atoms with Gasteiger partial charge in [0.15, 0.2) is 11.9 Å². The number of imidazole rings is 1. The highest BCUT2D eigenvalue weighted by Gasteiger charge is 2.31. The second-order valence-electron chi connectivity index (χ2n) is 7.14. The first-order chi connectivity index (χ1) is 14.6. The highest BCUT2D eigenvalue weighted by molar-refractivity contribution is 5.59. The Morgan fingerprint density at radius 2 is 2.07 bits per heavy atom. The quantitative estimate of drug-likeness (QED) is 0.508. The number of anilines is 1. The van der Waals surface area contributed by atoms with E-state index in [9.17, 15) is 5.26 Å². The van der Waals surface area contributed by atoms with Crippen molar-refractivity contribution in [3.8, 4) is 17.6 Å². The summed E-state index contributed by atoms with van der Waals surface area (Å²) in [7, 11) is 0. The van der Waals surface area contributed by atoms with Gasteiger partial charge in [-0.05, 0) is 25.1 Å². The van der Waals surface area contributed by atoms with Crippen LogP contribution in [0.2, 0.25) is 0 Å². The number of fused-ring (bicyclic) bond motifs is 1. The van der Waals surface area contributed by atoms with Crippen molar-refractivity contribution >= 4 is 11.5 Å². The third-order valence-electron chi connectivity index (χ3n) is 4.91. The van der Waals surface area contributed by atoms with Crippen molar-refractivity contribution in [2.75, 3.05) is 18.0 Å². The Balaban J connectivity index is 1.48. The van der Waals surface area contributed by atoms with Crippen LogP contribution in [0.15, 0.2) is 41.2 Å². The molecule has 0 N–H and O–H groups in total. The van der Waals surface area contributed by atoms with E-state index >= 15 is 0 Å². The number of ether oxygens (including phenoxy) is 1. The van der Waals surface area contributed by atoms with Crippen LogP contribution >= 0.6 is 0 Å². The summed E-state index contributed by atoms with van der Waals surface area (Å²) >= 11 is 0. The first-order valence-electron chi connectivity index (χ1n) is 9.52. The molecule has 30 heavy (non-hydrogen) atoms. The fourth-order valence-electron chi connectivity index (χ4n) is 3.58. The van der Waals surface area contributed by atoms with Crippen molar-refractivity contribution in [1.82, 2.24) is 29.5 Å². The summed E-state index contributed by atoms with van der Waals surface area (Å²) in [6, 6.07) is 7.54. The molecule has 150 valence electrons. The van der Waals surface area contributed by atoms with E-state index in [-0.39, 0.29) is 12.2 Å². The Hall–Kier alpha value is -3.84. The average Bonchev–Trinajstić information content (AvgIpc) is 3.39. The van der Waals surface area contributed by atoms with Crippen molar-refractivity contribution in [3.05, 3.63) is 54.1 Å². The predicted molar refractivity (Wildman–Crippen MR) is 105 cm³/mol. The lowest BCUT2D eigenvalue weighted by Crippen LogP contribution is -2.43. The summed E-state index contributed by atoms with van der Waals surface area (Å²) in [4.78, 5) is 15.7. The third-order valence-corrected chi connectivity index (χ3v) is 4.91. The van der Waals surface area contributed by atoms with Gasteiger partial charge in [0.1, 0.15) is 23.2 Å². The van der Waals surface area contributed by atoms with Crippen LogP contribution in [0.3, 0.4) is 0 Å². The fraction of sp³-hybridized carbons (Fsp3) is 0.300. The van der Waals surface area contributed by atoms with E-state index in [1.165, 1.54) is 0 Å². The molecule has 10 nitrogen and oxygen atoms in total. The summed E-state index contributed by atoms with van der Waals surface area (Å²) < 4.78 is 13.4. The van der Waals surface area contributed by atoms with Gasteiger partial charge in [0.05, 0.1) is 24.4 Å². The van der Waals surface area contributed by atoms with Crippen LogP contribution in [-0.2, 0) is 4.74 Å². The number of rotatable bonds is 3. The van der Waals surface area contributed by atoms with E-state index in [1.807, 2.05) is 17.4 Å². The molecule has 0 spiro atoms. The Bertz CT molecular complexity index is 1260. The Morgan fingerprint density at radius 1 is 1.17 bits per heavy atom. The molecule has 0 bridgehead atoms. The van der Waals surface area contributed by atoms with E-state index in [0.29, 0.717) is 42.0 Å². The molecule has 0 amide bonds. The van der Waals surface area contributed by atoms with E-state index in [2.05, 4.69) is 31.1 Å². The number of pyridine rings is 1. The molecular formula is C20H18N8O2. The number of nitrogens with zero attached hydrogens (tertiary/aromatic N) is 8. The summed E-state index contributed by atoms with van der Waals surface area (Å²) in [6.45, 7) is 4.96. The van der Waals surface area contributed by atoms with Gasteiger partial charge in [0.25, 0.3) is 0 Å². The molecule has 0 saturated carbocycles. The van der Waals surface area contributed by atoms with Crippen LogP contribution in [-0.4, -0.2) is 48.7 Å². The van der Waals surface area contributed by atoms with Gasteiger partial charge < -0.3 is 14.1 Å². The maximum Gasteiger partial charge on any atom is 0.247 e. The Kier molecular flexibility index (Phi) is 4.37. The van der Waals surface area contributed by atoms with Gasteiger partial charge in [-0.3, -0.25) is 4.40 Å². The zero-order valence-corrected chi connectivity index (χ0v) is 16.4. The number of aromatic nitrogens is 6. The largest absolute Gasteiger partial charge is 0.423 e. The Labute approximate surface area is 171 Å². The van der Waals surface area contributed by atoms with Gasteiger partial charge in [-0.2, -0.15) is 5.26 Å². The number of aryl methyl sites for hydroxylation is 1. The number of hydrogen-bond acceptors (Lipinski definition) is 9. The molecule has 1 fully saturated rings. The first-order valence-corrected chi connectivity index (χ1v) is 9.52. The van der Waals surface area contributed by atoms with Crippen LogP contribution < -0.4 is 4.90 Å². The second-order valence-corrected chi connectivity index (χ2v) is 7.14. The van der Waals surface area contributed by atoms with Gasteiger partial charge >= 0.3 is 0 Å². The monoisotopic (exact) mass is 402 g/mol. The molecule has 1 saturated heterocycles. The minimum atomic E-state index is -0.331. The topological polar surface area (TPSA) is 118 Å². The van der Waals surface area contributed by atoms with Gasteiger partial charge in [0.2, 0.25) is 11.8 Å². The molecule has 2 unspecified atom stereocenters. The van der Waals surface area contributed by atoms with Gasteiger partial charge in [-0.25, -0.2) is 15.0 Å². The Morgan fingerprint density at radius 3 is 2.87 bits per heavy atom. The van der Waals surface area contributed by atoms with Gasteiger partial charge in [-0.1, -0.05) is 0 Å². The number of hydrogen-bond donors (Lipinski definition) is 0. The lowest BCUT2D eigenvalue weighted by Gasteiger charge is -2.36. The molecule has 0 aliphatic carbocycles. The van der Waals surface area contributed by atoms with Gasteiger partial charge in [-0.15, -0.1) is 10.2 Å². The van der Waals surface area contributed by atoms with Crippen LogP contribution in [0.25, 0.3) is 17.2 Å². The molecule has 5 heterocycles. The summed E-state index contributed by atoms with van der Waals surface area (Å²) in [5, 5.41) is 17.2. The van der Waals surface area contributed by atoms with Crippen molar-refractivity contribution in [2.24, 2.45) is 0 Å². The molecular weight excluding hydrogens is 384 g/mol. The second kappa shape index (κ2) is 7.20. The summed E-state index contributed by atoms with van der Waals surface area (Å²) in [6.07, 6.45) is 4.79. The summed E-state index contributed by atoms with van der Waals surface area (Å²) in [5.74, 6) is 2.26. The van der Waals surface area contributed by atoms with Crippen LogP contribution in [0, 0.1) is 18.3 Å². The van der Waals surface area contributed by atoms with E-state index in [0.717, 1.165) is 11.5 Å². The van der Waals surface area contributed by atoms with E-state index < -0.39 is 0 Å². The zero-order chi connectivity index (χ0) is 20.7. The molecule has 4 aromatic rings. The maximum absolute atomic E-state index is 9.20. The summed E-state index contributed by atoms with van der Waals surface area (Å²) in [5.41, 5.74) is 1.98. The molecule has 5 rings (SSSR count). The van der Waals surface area contributed by atoms with Crippen molar-refractivity contribution in [3.63, 3.8) is 0 Å². The predicted octanol–water partition coefficient (Wildman–Crippen LogP) is 2.32. The smallest absolute Gasteiger partial charge is 0.247 e. The van der Waals surface area contributed by atoms with Crippen molar-refractivity contribution in [1.29, 1.82) is 5.26 Å². The van der Waals surface area contributed by atoms with Crippen molar-refractivity contribution < 1.29 is 9.15 Å². The van der Waals surface area contributed by atoms with E-state index in [4.69, 9.17) is 14.1 Å². The lowest BCUT2D eigenvalue weighted by molar-refractivity contribution is -0.0313. The van der Waals surface area contributed by atoms with Crippen LogP contribution in [0.4, 0.5) is 5.82 Å². The first kappa shape index (κ1) is 18.2. The maximum atomic E-state index is 9.20. The zero-order valence-electron chi connectivity index (χ0n) is 16.4. The lowest BCUT2D eigenvalue weighted by atomic mass is 10.2. The van der Waals surface area contributed by atoms with Crippen molar-refractivity contribution in [2.45, 2.75) is 26.1 Å². The molecule has 2 atom stereocenters. The van der Waals surface area contributed by atoms with Crippen LogP contribution in [0.1, 0.15) is 30.4 Å². The highest BCUT2D eigenvalue weighted by Crippen LogP contribution is 2.28. The molecule has 1 aliphatic heterocycles. The minimum Gasteiger partial charge on any atom is -0.423 e. The number of morpholine rings is 1. The minimum absolute atomic E-state index is 0.0386. The normalized spacial score (nSPS) is 19.2. The average molecular weight is 402 g/mol. The van der Waals surface area contributed by atoms with Gasteiger partial charge in [0, 0.05) is 25.9 Å². The third kappa shape index (κ3) is 3.25. The molecule has 1 aliphatic rings. The molecule has 0 aromatic carbocycles. The van der Waals surface area contributed by atoms with E-state index in [1.54, 1.807) is 37.6 Å². The number of nitriles is 1. The molecule has 4 aromatic heterocycles. The molecule has 0 radical (unpaired) electrons. The highest BCUT2D eigenvalue weighted by atomic mass is 16.5. The van der Waals surface area contributed by atoms with Crippen LogP contribution in [0.5, 0.6) is 0 Å². The molecule has 10 heteroatoms.